The Morgan fingerprint density at radius 1 is 1.22 bits per heavy atom. The molecule has 5 nitrogen and oxygen atoms in total. The fraction of sp³-hybridized carbons (Fsp3) is 0.500. The minimum atomic E-state index is -3.39. The van der Waals surface area contributed by atoms with Gasteiger partial charge in [0.25, 0.3) is 0 Å². The minimum absolute atomic E-state index is 0.356. The first-order chi connectivity index (χ1) is 8.30. The second kappa shape index (κ2) is 3.46. The van der Waals surface area contributed by atoms with Crippen molar-refractivity contribution in [3.8, 4) is 0 Å². The molecule has 1 aromatic rings. The van der Waals surface area contributed by atoms with E-state index in [9.17, 15) is 8.42 Å². The van der Waals surface area contributed by atoms with Gasteiger partial charge in [0.05, 0.1) is 11.9 Å². The lowest BCUT2D eigenvalue weighted by Gasteiger charge is -2.25. The van der Waals surface area contributed by atoms with Crippen molar-refractivity contribution >= 4 is 15.7 Å². The summed E-state index contributed by atoms with van der Waals surface area (Å²) < 4.78 is 36.7. The van der Waals surface area contributed by atoms with Crippen LogP contribution in [0.3, 0.4) is 0 Å². The fourth-order valence-corrected chi connectivity index (χ4v) is 3.62. The summed E-state index contributed by atoms with van der Waals surface area (Å²) in [7, 11) is -3.39. The molecule has 2 atom stereocenters. The van der Waals surface area contributed by atoms with Crippen LogP contribution in [-0.4, -0.2) is 26.7 Å². The minimum Gasteiger partial charge on any atom is -0.338 e. The SMILES string of the molecule is CC1(C)O[C@H]2c3ccccc3N(S(C)(=O)=O)[C@H]2O1. The van der Waals surface area contributed by atoms with Crippen molar-refractivity contribution in [1.29, 1.82) is 0 Å². The Morgan fingerprint density at radius 3 is 2.56 bits per heavy atom. The number of sulfonamides is 1. The largest absolute Gasteiger partial charge is 0.338 e. The Labute approximate surface area is 106 Å². The molecule has 98 valence electrons. The van der Waals surface area contributed by atoms with E-state index in [1.165, 1.54) is 10.6 Å². The number of anilines is 1. The van der Waals surface area contributed by atoms with Crippen molar-refractivity contribution in [3.63, 3.8) is 0 Å². The maximum Gasteiger partial charge on any atom is 0.234 e. The van der Waals surface area contributed by atoms with E-state index in [2.05, 4.69) is 0 Å². The first-order valence-electron chi connectivity index (χ1n) is 5.73. The number of para-hydroxylation sites is 1. The molecule has 0 unspecified atom stereocenters. The molecule has 0 spiro atoms. The van der Waals surface area contributed by atoms with Crippen LogP contribution in [0.2, 0.25) is 0 Å². The van der Waals surface area contributed by atoms with Crippen LogP contribution in [-0.2, 0) is 19.5 Å². The van der Waals surface area contributed by atoms with Gasteiger partial charge in [-0.15, -0.1) is 0 Å². The zero-order chi connectivity index (χ0) is 13.1. The smallest absolute Gasteiger partial charge is 0.234 e. The molecule has 0 amide bonds. The summed E-state index contributed by atoms with van der Waals surface area (Å²) in [4.78, 5) is 0. The van der Waals surface area contributed by atoms with E-state index < -0.39 is 22.0 Å². The van der Waals surface area contributed by atoms with Crippen LogP contribution in [0.25, 0.3) is 0 Å². The zero-order valence-electron chi connectivity index (χ0n) is 10.5. The predicted molar refractivity (Wildman–Crippen MR) is 66.5 cm³/mol. The third-order valence-corrected chi connectivity index (χ3v) is 4.26. The lowest BCUT2D eigenvalue weighted by atomic mass is 10.1. The molecule has 1 saturated heterocycles. The average molecular weight is 269 g/mol. The van der Waals surface area contributed by atoms with E-state index >= 15 is 0 Å². The third kappa shape index (κ3) is 1.64. The molecular weight excluding hydrogens is 254 g/mol. The summed E-state index contributed by atoms with van der Waals surface area (Å²) in [6.07, 6.45) is 0.222. The van der Waals surface area contributed by atoms with E-state index in [4.69, 9.17) is 9.47 Å². The molecule has 0 aromatic heterocycles. The first kappa shape index (κ1) is 12.0. The number of ether oxygens (including phenoxy) is 2. The summed E-state index contributed by atoms with van der Waals surface area (Å²) in [5.41, 5.74) is 1.50. The molecule has 1 fully saturated rings. The number of rotatable bonds is 1. The average Bonchev–Trinajstić information content (AvgIpc) is 2.66. The summed E-state index contributed by atoms with van der Waals surface area (Å²) >= 11 is 0. The van der Waals surface area contributed by atoms with E-state index in [-0.39, 0.29) is 6.10 Å². The highest BCUT2D eigenvalue weighted by atomic mass is 32.2. The number of nitrogens with zero attached hydrogens (tertiary/aromatic N) is 1. The van der Waals surface area contributed by atoms with Gasteiger partial charge in [0.1, 0.15) is 6.10 Å². The molecule has 0 bridgehead atoms. The van der Waals surface area contributed by atoms with Crippen LogP contribution in [0, 0.1) is 0 Å². The van der Waals surface area contributed by atoms with E-state index in [0.717, 1.165) is 5.56 Å². The van der Waals surface area contributed by atoms with Gasteiger partial charge in [0.2, 0.25) is 10.0 Å². The van der Waals surface area contributed by atoms with Crippen molar-refractivity contribution < 1.29 is 17.9 Å². The normalized spacial score (nSPS) is 29.2. The highest BCUT2D eigenvalue weighted by molar-refractivity contribution is 7.92. The van der Waals surface area contributed by atoms with Crippen molar-refractivity contribution in [1.82, 2.24) is 0 Å². The van der Waals surface area contributed by atoms with Gasteiger partial charge in [0.15, 0.2) is 12.0 Å². The maximum absolute atomic E-state index is 11.9. The van der Waals surface area contributed by atoms with Crippen molar-refractivity contribution in [3.05, 3.63) is 29.8 Å². The Balaban J connectivity index is 2.16. The molecule has 3 rings (SSSR count). The Kier molecular flexibility index (Phi) is 2.30. The predicted octanol–water partition coefficient (Wildman–Crippen LogP) is 1.62. The van der Waals surface area contributed by atoms with Gasteiger partial charge in [-0.3, -0.25) is 0 Å². The van der Waals surface area contributed by atoms with Crippen LogP contribution >= 0.6 is 0 Å². The Hall–Kier alpha value is -1.11. The fourth-order valence-electron chi connectivity index (χ4n) is 2.57. The number of hydrogen-bond acceptors (Lipinski definition) is 4. The second-order valence-electron chi connectivity index (χ2n) is 5.06. The molecule has 0 aliphatic carbocycles. The van der Waals surface area contributed by atoms with Gasteiger partial charge in [-0.2, -0.15) is 0 Å². The van der Waals surface area contributed by atoms with Crippen LogP contribution in [0.5, 0.6) is 0 Å². The molecule has 0 saturated carbocycles. The van der Waals surface area contributed by atoms with E-state index in [1.807, 2.05) is 18.2 Å². The lowest BCUT2D eigenvalue weighted by Crippen LogP contribution is -2.39. The summed E-state index contributed by atoms with van der Waals surface area (Å²) in [5.74, 6) is -0.772. The Morgan fingerprint density at radius 2 is 1.89 bits per heavy atom. The van der Waals surface area contributed by atoms with Crippen molar-refractivity contribution in [2.75, 3.05) is 10.6 Å². The molecule has 6 heteroatoms. The van der Waals surface area contributed by atoms with Gasteiger partial charge >= 0.3 is 0 Å². The third-order valence-electron chi connectivity index (χ3n) is 3.14. The summed E-state index contributed by atoms with van der Waals surface area (Å²) in [5, 5.41) is 0. The topological polar surface area (TPSA) is 55.8 Å². The second-order valence-corrected chi connectivity index (χ2v) is 6.92. The summed E-state index contributed by atoms with van der Waals surface area (Å²) in [6.45, 7) is 3.57. The monoisotopic (exact) mass is 269 g/mol. The van der Waals surface area contributed by atoms with Gasteiger partial charge in [-0.05, 0) is 19.9 Å². The molecular formula is C12H15NO4S. The standard InChI is InChI=1S/C12H15NO4S/c1-12(2)16-10-8-6-4-5-7-9(8)13(11(10)17-12)18(3,14)15/h4-7,10-11H,1-3H3/t10-,11-/m0/s1. The quantitative estimate of drug-likeness (QED) is 0.777. The van der Waals surface area contributed by atoms with Gasteiger partial charge in [-0.25, -0.2) is 12.7 Å². The Bertz CT molecular complexity index is 596. The molecule has 2 aliphatic rings. The molecule has 18 heavy (non-hydrogen) atoms. The molecule has 2 aliphatic heterocycles. The lowest BCUT2D eigenvalue weighted by molar-refractivity contribution is -0.147. The van der Waals surface area contributed by atoms with Crippen LogP contribution in [0.4, 0.5) is 5.69 Å². The van der Waals surface area contributed by atoms with Gasteiger partial charge in [-0.1, -0.05) is 18.2 Å². The zero-order valence-corrected chi connectivity index (χ0v) is 11.3. The van der Waals surface area contributed by atoms with Crippen LogP contribution in [0.1, 0.15) is 25.5 Å². The van der Waals surface area contributed by atoms with Crippen molar-refractivity contribution in [2.45, 2.75) is 32.0 Å². The molecule has 0 N–H and O–H groups in total. The highest BCUT2D eigenvalue weighted by Crippen LogP contribution is 2.50. The molecule has 0 radical (unpaired) electrons. The van der Waals surface area contributed by atoms with Crippen molar-refractivity contribution in [2.24, 2.45) is 0 Å². The molecule has 2 heterocycles. The maximum atomic E-state index is 11.9. The number of hydrogen-bond donors (Lipinski definition) is 0. The number of benzene rings is 1. The number of fused-ring (bicyclic) bond motifs is 3. The van der Waals surface area contributed by atoms with Gasteiger partial charge < -0.3 is 9.47 Å². The van der Waals surface area contributed by atoms with Gasteiger partial charge in [0, 0.05) is 5.56 Å². The highest BCUT2D eigenvalue weighted by Gasteiger charge is 2.53. The first-order valence-corrected chi connectivity index (χ1v) is 7.58. The molecule has 1 aromatic carbocycles. The van der Waals surface area contributed by atoms with E-state index in [0.29, 0.717) is 5.69 Å². The summed E-state index contributed by atoms with van der Waals surface area (Å²) in [6, 6.07) is 7.33. The van der Waals surface area contributed by atoms with E-state index in [1.54, 1.807) is 19.9 Å². The van der Waals surface area contributed by atoms with Crippen LogP contribution in [0.15, 0.2) is 24.3 Å². The van der Waals surface area contributed by atoms with Crippen LogP contribution < -0.4 is 4.31 Å².